The van der Waals surface area contributed by atoms with Gasteiger partial charge in [-0.25, -0.2) is 4.79 Å². The highest BCUT2D eigenvalue weighted by molar-refractivity contribution is 5.69. The first-order chi connectivity index (χ1) is 13.8. The highest BCUT2D eigenvalue weighted by Gasteiger charge is 2.21. The summed E-state index contributed by atoms with van der Waals surface area (Å²) < 4.78 is 15.9. The van der Waals surface area contributed by atoms with Gasteiger partial charge in [0.25, 0.3) is 0 Å². The number of esters is 1. The minimum absolute atomic E-state index is 0.190. The van der Waals surface area contributed by atoms with Crippen LogP contribution in [0.4, 0.5) is 4.79 Å². The number of unbranched alkanes of at least 4 members (excludes halogenated alkanes) is 3. The Bertz CT molecular complexity index is 583. The molecule has 1 amide bonds. The Labute approximate surface area is 175 Å². The molecule has 0 saturated carbocycles. The van der Waals surface area contributed by atoms with Crippen LogP contribution in [0.25, 0.3) is 0 Å². The van der Waals surface area contributed by atoms with E-state index in [1.165, 1.54) is 7.11 Å². The van der Waals surface area contributed by atoms with Crippen LogP contribution < -0.4 is 0 Å². The Hall–Kier alpha value is -2.08. The molecular weight excluding hydrogens is 370 g/mol. The molecule has 6 heteroatoms. The van der Waals surface area contributed by atoms with Gasteiger partial charge in [0.2, 0.25) is 0 Å². The molecule has 0 saturated heterocycles. The fraction of sp³-hybridized carbons (Fsp3) is 0.652. The molecule has 1 rings (SSSR count). The maximum atomic E-state index is 12.5. The Morgan fingerprint density at radius 1 is 0.931 bits per heavy atom. The summed E-state index contributed by atoms with van der Waals surface area (Å²) in [5.74, 6) is -0.190. The number of carbonyl (C=O) groups excluding carboxylic acids is 2. The van der Waals surface area contributed by atoms with Gasteiger partial charge in [-0.05, 0) is 52.0 Å². The van der Waals surface area contributed by atoms with Crippen LogP contribution in [0.5, 0.6) is 0 Å². The molecule has 164 valence electrons. The van der Waals surface area contributed by atoms with Gasteiger partial charge in [0, 0.05) is 26.1 Å². The molecule has 1 aromatic carbocycles. The number of nitrogens with zero attached hydrogens (tertiary/aromatic N) is 1. The lowest BCUT2D eigenvalue weighted by Gasteiger charge is -2.27. The first kappa shape index (κ1) is 25.0. The Morgan fingerprint density at radius 2 is 1.59 bits per heavy atom. The standard InChI is InChI=1S/C23H37NO5/c1-23(2,3)29-22(26)24(16-10-6-9-15-21(25)27-4)17-11-12-18-28-19-20-13-7-5-8-14-20/h5,7-8,13-14H,6,9-12,15-19H2,1-4H3. The molecule has 1 aromatic rings. The second-order valence-corrected chi connectivity index (χ2v) is 8.10. The van der Waals surface area contributed by atoms with Gasteiger partial charge >= 0.3 is 12.1 Å². The molecule has 0 aliphatic carbocycles. The molecule has 0 aromatic heterocycles. The van der Waals surface area contributed by atoms with Crippen LogP contribution in [0.3, 0.4) is 0 Å². The molecule has 0 radical (unpaired) electrons. The van der Waals surface area contributed by atoms with Crippen molar-refractivity contribution >= 4 is 12.1 Å². The zero-order valence-electron chi connectivity index (χ0n) is 18.4. The van der Waals surface area contributed by atoms with E-state index >= 15 is 0 Å². The highest BCUT2D eigenvalue weighted by atomic mass is 16.6. The summed E-state index contributed by atoms with van der Waals surface area (Å²) in [4.78, 5) is 25.4. The molecule has 0 fully saturated rings. The largest absolute Gasteiger partial charge is 0.469 e. The van der Waals surface area contributed by atoms with E-state index in [1.54, 1.807) is 4.90 Å². The van der Waals surface area contributed by atoms with E-state index < -0.39 is 5.60 Å². The van der Waals surface area contributed by atoms with Gasteiger partial charge in [-0.15, -0.1) is 0 Å². The summed E-state index contributed by atoms with van der Waals surface area (Å²) in [7, 11) is 1.40. The van der Waals surface area contributed by atoms with Crippen LogP contribution in [-0.4, -0.2) is 49.4 Å². The Morgan fingerprint density at radius 3 is 2.21 bits per heavy atom. The van der Waals surface area contributed by atoms with Gasteiger partial charge < -0.3 is 19.1 Å². The minimum Gasteiger partial charge on any atom is -0.469 e. The molecule has 0 aliphatic heterocycles. The maximum absolute atomic E-state index is 12.5. The maximum Gasteiger partial charge on any atom is 0.410 e. The first-order valence-electron chi connectivity index (χ1n) is 10.5. The summed E-state index contributed by atoms with van der Waals surface area (Å²) in [6.07, 6.45) is 4.35. The molecule has 0 atom stereocenters. The summed E-state index contributed by atoms with van der Waals surface area (Å²) in [5, 5.41) is 0. The summed E-state index contributed by atoms with van der Waals surface area (Å²) in [5.41, 5.74) is 0.647. The fourth-order valence-electron chi connectivity index (χ4n) is 2.74. The van der Waals surface area contributed by atoms with Crippen molar-refractivity contribution in [2.45, 2.75) is 71.5 Å². The van der Waals surface area contributed by atoms with Gasteiger partial charge in [-0.2, -0.15) is 0 Å². The third-order valence-corrected chi connectivity index (χ3v) is 4.27. The van der Waals surface area contributed by atoms with Crippen molar-refractivity contribution in [3.8, 4) is 0 Å². The van der Waals surface area contributed by atoms with E-state index in [9.17, 15) is 9.59 Å². The van der Waals surface area contributed by atoms with E-state index in [2.05, 4.69) is 4.74 Å². The van der Waals surface area contributed by atoms with Gasteiger partial charge in [-0.1, -0.05) is 36.8 Å². The highest BCUT2D eigenvalue weighted by Crippen LogP contribution is 2.12. The van der Waals surface area contributed by atoms with Gasteiger partial charge in [-0.3, -0.25) is 4.79 Å². The molecule has 0 N–H and O–H groups in total. The number of methoxy groups -OCH3 is 1. The lowest BCUT2D eigenvalue weighted by molar-refractivity contribution is -0.140. The van der Waals surface area contributed by atoms with Crippen molar-refractivity contribution in [3.63, 3.8) is 0 Å². The number of hydrogen-bond acceptors (Lipinski definition) is 5. The van der Waals surface area contributed by atoms with Crippen LogP contribution in [0.1, 0.15) is 64.9 Å². The Balaban J connectivity index is 2.31. The molecule has 29 heavy (non-hydrogen) atoms. The normalized spacial score (nSPS) is 11.2. The van der Waals surface area contributed by atoms with Crippen LogP contribution in [0, 0.1) is 0 Å². The lowest BCUT2D eigenvalue weighted by atomic mass is 10.2. The quantitative estimate of drug-likeness (QED) is 0.342. The van der Waals surface area contributed by atoms with Gasteiger partial charge in [0.1, 0.15) is 5.60 Å². The van der Waals surface area contributed by atoms with E-state index in [-0.39, 0.29) is 12.1 Å². The van der Waals surface area contributed by atoms with Crippen molar-refractivity contribution < 1.29 is 23.8 Å². The summed E-state index contributed by atoms with van der Waals surface area (Å²) >= 11 is 0. The molecule has 0 heterocycles. The van der Waals surface area contributed by atoms with E-state index in [1.807, 2.05) is 51.1 Å². The lowest BCUT2D eigenvalue weighted by Crippen LogP contribution is -2.38. The summed E-state index contributed by atoms with van der Waals surface area (Å²) in [6.45, 7) is 8.15. The van der Waals surface area contributed by atoms with Gasteiger partial charge in [0.15, 0.2) is 0 Å². The van der Waals surface area contributed by atoms with Crippen molar-refractivity contribution in [2.75, 3.05) is 26.8 Å². The zero-order valence-corrected chi connectivity index (χ0v) is 18.4. The third-order valence-electron chi connectivity index (χ3n) is 4.27. The van der Waals surface area contributed by atoms with Crippen molar-refractivity contribution in [3.05, 3.63) is 35.9 Å². The van der Waals surface area contributed by atoms with Crippen LogP contribution >= 0.6 is 0 Å². The van der Waals surface area contributed by atoms with Crippen LogP contribution in [0.2, 0.25) is 0 Å². The predicted molar refractivity (Wildman–Crippen MR) is 114 cm³/mol. The topological polar surface area (TPSA) is 65.1 Å². The average molecular weight is 408 g/mol. The number of hydrogen-bond donors (Lipinski definition) is 0. The Kier molecular flexibility index (Phi) is 12.0. The monoisotopic (exact) mass is 407 g/mol. The van der Waals surface area contributed by atoms with E-state index in [0.717, 1.165) is 37.7 Å². The number of rotatable bonds is 13. The number of ether oxygens (including phenoxy) is 3. The number of amides is 1. The molecule has 6 nitrogen and oxygen atoms in total. The van der Waals surface area contributed by atoms with Crippen LogP contribution in [-0.2, 0) is 25.6 Å². The summed E-state index contributed by atoms with van der Waals surface area (Å²) in [6, 6.07) is 10.1. The van der Waals surface area contributed by atoms with Crippen molar-refractivity contribution in [2.24, 2.45) is 0 Å². The van der Waals surface area contributed by atoms with Crippen molar-refractivity contribution in [1.29, 1.82) is 0 Å². The second-order valence-electron chi connectivity index (χ2n) is 8.10. The van der Waals surface area contributed by atoms with E-state index in [0.29, 0.717) is 32.7 Å². The average Bonchev–Trinajstić information content (AvgIpc) is 2.67. The first-order valence-corrected chi connectivity index (χ1v) is 10.5. The fourth-order valence-corrected chi connectivity index (χ4v) is 2.74. The van der Waals surface area contributed by atoms with E-state index in [4.69, 9.17) is 9.47 Å². The zero-order chi connectivity index (χ0) is 21.5. The number of benzene rings is 1. The molecule has 0 spiro atoms. The second kappa shape index (κ2) is 14.0. The minimum atomic E-state index is -0.515. The third kappa shape index (κ3) is 12.9. The predicted octanol–water partition coefficient (Wildman–Crippen LogP) is 4.95. The van der Waals surface area contributed by atoms with Crippen molar-refractivity contribution in [1.82, 2.24) is 4.90 Å². The SMILES string of the molecule is COC(=O)CCCCCN(CCCCOCc1ccccc1)C(=O)OC(C)(C)C. The molecular formula is C23H37NO5. The van der Waals surface area contributed by atoms with Gasteiger partial charge in [0.05, 0.1) is 13.7 Å². The molecule has 0 unspecified atom stereocenters. The smallest absolute Gasteiger partial charge is 0.410 e. The number of carbonyl (C=O) groups is 2. The van der Waals surface area contributed by atoms with Crippen LogP contribution in [0.15, 0.2) is 30.3 Å². The molecule has 0 aliphatic rings. The molecule has 0 bridgehead atoms.